The predicted octanol–water partition coefficient (Wildman–Crippen LogP) is 11.9. The minimum atomic E-state index is -0.929. The van der Waals surface area contributed by atoms with Crippen LogP contribution in [-0.2, 0) is 0 Å². The van der Waals surface area contributed by atoms with Gasteiger partial charge in [0.2, 0.25) is 0 Å². The van der Waals surface area contributed by atoms with Gasteiger partial charge in [-0.2, -0.15) is 0 Å². The summed E-state index contributed by atoms with van der Waals surface area (Å²) in [6.45, 7) is 0. The summed E-state index contributed by atoms with van der Waals surface area (Å²) < 4.78 is 217. The molecule has 2 nitrogen and oxygen atoms in total. The minimum absolute atomic E-state index is 0.0424. The normalized spacial score (nSPS) is 19.5. The van der Waals surface area contributed by atoms with Crippen LogP contribution in [0, 0.1) is 0 Å². The SMILES string of the molecule is [2H]c1cc([2H])c(-n2c3c([2H])c([2H])c([2H])c([2H])c3c3c([2H])c(-c4c([2H])c([2H])c5c(c4[2H])c4c([2H])c([2H])c([2H])c([2H])c4n5-c4c([2H])c([2H])c5c(sc6c([2H])c([2H])c([2H])c([2H])c65)c4[2H])c([2H])c([2H])c32)c([2H])c1. The van der Waals surface area contributed by atoms with Gasteiger partial charge in [-0.3, -0.25) is 0 Å². The van der Waals surface area contributed by atoms with Crippen molar-refractivity contribution in [2.24, 2.45) is 0 Å². The number of thiophene rings is 1. The lowest BCUT2D eigenvalue weighted by Crippen LogP contribution is -1.93. The van der Waals surface area contributed by atoms with Gasteiger partial charge in [0.15, 0.2) is 0 Å². The van der Waals surface area contributed by atoms with Gasteiger partial charge in [0.1, 0.15) is 0 Å². The quantitative estimate of drug-likeness (QED) is 0.187. The van der Waals surface area contributed by atoms with Crippen LogP contribution in [-0.4, -0.2) is 9.13 Å². The second kappa shape index (κ2) is 9.43. The van der Waals surface area contributed by atoms with E-state index in [4.69, 9.17) is 20.6 Å². The van der Waals surface area contributed by atoms with Crippen molar-refractivity contribution in [1.82, 2.24) is 9.13 Å². The Bertz CT molecular complexity index is 4110. The molecule has 7 aromatic carbocycles. The molecule has 0 atom stereocenters. The first-order valence-electron chi connectivity index (χ1n) is 25.4. The fourth-order valence-electron chi connectivity index (χ4n) is 5.56. The highest BCUT2D eigenvalue weighted by Crippen LogP contribution is 2.40. The van der Waals surface area contributed by atoms with Crippen molar-refractivity contribution in [3.8, 4) is 22.5 Å². The summed E-state index contributed by atoms with van der Waals surface area (Å²) in [5, 5.41) is -2.12. The van der Waals surface area contributed by atoms with Gasteiger partial charge in [-0.15, -0.1) is 11.3 Å². The Morgan fingerprint density at radius 1 is 0.378 bits per heavy atom. The highest BCUT2D eigenvalue weighted by atomic mass is 32.1. The van der Waals surface area contributed by atoms with Gasteiger partial charge in [0.05, 0.1) is 55.0 Å². The van der Waals surface area contributed by atoms with E-state index in [0.29, 0.717) is 11.3 Å². The van der Waals surface area contributed by atoms with Crippen LogP contribution in [0.5, 0.6) is 0 Å². The van der Waals surface area contributed by atoms with Crippen molar-refractivity contribution in [1.29, 1.82) is 0 Å². The van der Waals surface area contributed by atoms with Gasteiger partial charge in [-0.1, -0.05) is 90.7 Å². The van der Waals surface area contributed by atoms with E-state index < -0.39 is 199 Å². The average molecular weight is 615 g/mol. The lowest BCUT2D eigenvalue weighted by molar-refractivity contribution is 1.18. The largest absolute Gasteiger partial charge is 0.309 e. The van der Waals surface area contributed by atoms with E-state index in [1.165, 1.54) is 0 Å². The second-order valence-corrected chi connectivity index (χ2v) is 10.9. The molecule has 0 saturated carbocycles. The molecule has 0 amide bonds. The molecule has 3 heterocycles. The molecule has 10 rings (SSSR count). The Morgan fingerprint density at radius 3 is 1.58 bits per heavy atom. The molecule has 0 unspecified atom stereocenters. The summed E-state index contributed by atoms with van der Waals surface area (Å²) in [7, 11) is 0. The van der Waals surface area contributed by atoms with E-state index >= 15 is 0 Å². The molecule has 0 spiro atoms. The van der Waals surface area contributed by atoms with E-state index in [2.05, 4.69) is 0 Å². The third-order valence-electron chi connectivity index (χ3n) is 7.47. The molecule has 0 aliphatic heterocycles. The van der Waals surface area contributed by atoms with Crippen molar-refractivity contribution in [2.45, 2.75) is 0 Å². The van der Waals surface area contributed by atoms with Gasteiger partial charge >= 0.3 is 0 Å². The highest BCUT2D eigenvalue weighted by Gasteiger charge is 2.16. The molecule has 3 aromatic heterocycles. The second-order valence-electron chi connectivity index (χ2n) is 9.89. The summed E-state index contributed by atoms with van der Waals surface area (Å²) >= 11 is 0.708. The van der Waals surface area contributed by atoms with Crippen LogP contribution < -0.4 is 0 Å². The topological polar surface area (TPSA) is 9.86 Å². The first-order chi connectivity index (χ1) is 32.3. The zero-order valence-electron chi connectivity index (χ0n) is 46.5. The van der Waals surface area contributed by atoms with Crippen LogP contribution in [0.4, 0.5) is 0 Å². The predicted molar refractivity (Wildman–Crippen MR) is 193 cm³/mol. The van der Waals surface area contributed by atoms with Crippen molar-refractivity contribution in [3.05, 3.63) is 157 Å². The van der Waals surface area contributed by atoms with Crippen molar-refractivity contribution < 1.29 is 32.9 Å². The number of aromatic nitrogens is 2. The van der Waals surface area contributed by atoms with Gasteiger partial charge in [0, 0.05) is 53.1 Å². The number of hydrogen-bond donors (Lipinski definition) is 0. The Kier molecular flexibility index (Phi) is 2.32. The third-order valence-corrected chi connectivity index (χ3v) is 8.49. The maximum Gasteiger partial charge on any atom is 0.0660 e. The molecule has 0 N–H and O–H groups in total. The first-order valence-corrected chi connectivity index (χ1v) is 14.2. The Hall–Kier alpha value is -5.64. The highest BCUT2D eigenvalue weighted by molar-refractivity contribution is 7.25. The smallest absolute Gasteiger partial charge is 0.0660 e. The Labute approximate surface area is 297 Å². The van der Waals surface area contributed by atoms with Gasteiger partial charge in [-0.25, -0.2) is 0 Å². The summed E-state index contributed by atoms with van der Waals surface area (Å²) in [6, 6.07) is -14.7. The number of rotatable bonds is 3. The van der Waals surface area contributed by atoms with Gasteiger partial charge in [-0.05, 0) is 77.6 Å². The van der Waals surface area contributed by atoms with Crippen molar-refractivity contribution >= 4 is 75.1 Å². The molecule has 45 heavy (non-hydrogen) atoms. The number of nitrogens with zero attached hydrogens (tertiary/aromatic N) is 2. The molecule has 3 heteroatoms. The lowest BCUT2D eigenvalue weighted by atomic mass is 10.0. The maximum absolute atomic E-state index is 9.80. The van der Waals surface area contributed by atoms with E-state index in [1.807, 2.05) is 0 Å². The maximum atomic E-state index is 9.80. The number of para-hydroxylation sites is 3. The van der Waals surface area contributed by atoms with Crippen LogP contribution in [0.1, 0.15) is 32.9 Å². The zero-order valence-corrected chi connectivity index (χ0v) is 23.3. The molecular weight excluding hydrogens is 565 g/mol. The van der Waals surface area contributed by atoms with Crippen LogP contribution in [0.3, 0.4) is 0 Å². The van der Waals surface area contributed by atoms with E-state index in [1.54, 1.807) is 0 Å². The molecule has 0 saturated heterocycles. The van der Waals surface area contributed by atoms with Gasteiger partial charge in [0.25, 0.3) is 0 Å². The fraction of sp³-hybridized carbons (Fsp3) is 0. The molecule has 210 valence electrons. The van der Waals surface area contributed by atoms with Crippen LogP contribution in [0.15, 0.2) is 157 Å². The Balaban J connectivity index is 1.41. The van der Waals surface area contributed by atoms with Gasteiger partial charge < -0.3 is 9.13 Å². The van der Waals surface area contributed by atoms with E-state index in [9.17, 15) is 12.3 Å². The van der Waals surface area contributed by atoms with Crippen LogP contribution in [0.25, 0.3) is 86.3 Å². The zero-order chi connectivity index (χ0) is 50.4. The monoisotopic (exact) mass is 614 g/mol. The fourth-order valence-corrected chi connectivity index (χ4v) is 6.52. The number of fused-ring (bicyclic) bond motifs is 9. The molecule has 10 aromatic rings. The number of benzene rings is 7. The molecule has 0 fully saturated rings. The minimum Gasteiger partial charge on any atom is -0.309 e. The lowest BCUT2D eigenvalue weighted by Gasteiger charge is -2.09. The average Bonchev–Trinajstić information content (AvgIpc) is 3.99. The molecule has 0 aliphatic rings. The van der Waals surface area contributed by atoms with Crippen molar-refractivity contribution in [2.75, 3.05) is 0 Å². The molecular formula is C42H26N2S. The van der Waals surface area contributed by atoms with E-state index in [0.717, 1.165) is 21.3 Å². The van der Waals surface area contributed by atoms with Crippen LogP contribution >= 0.6 is 11.3 Å². The Morgan fingerprint density at radius 2 is 0.911 bits per heavy atom. The summed E-state index contributed by atoms with van der Waals surface area (Å²) in [6.07, 6.45) is 0. The standard InChI is InChI=1S/C42H26N2S/c1-2-10-29(11-3-1)43-37-15-7-4-12-31(37)35-24-27(18-22-39(35)43)28-19-23-40-36(25-28)32-13-5-8-16-38(32)44(40)30-20-21-34-33-14-6-9-17-41(33)45-42(34)26-30/h1-26H/i1D,4D,5D,6D,7D,8D,9D,10D,11D,12D,13D,14D,15D,16D,17D,18D,19D,20D,21D,22D,23D,24D,25D,26D. The van der Waals surface area contributed by atoms with Crippen LogP contribution in [0.2, 0.25) is 0 Å². The summed E-state index contributed by atoms with van der Waals surface area (Å²) in [4.78, 5) is 0. The molecule has 0 bridgehead atoms. The van der Waals surface area contributed by atoms with E-state index in [-0.39, 0.29) is 31.9 Å². The van der Waals surface area contributed by atoms with Crippen molar-refractivity contribution in [3.63, 3.8) is 0 Å². The summed E-state index contributed by atoms with van der Waals surface area (Å²) in [5.74, 6) is 0. The first kappa shape index (κ1) is 11.1. The molecule has 0 aliphatic carbocycles. The number of hydrogen-bond acceptors (Lipinski definition) is 1. The summed E-state index contributed by atoms with van der Waals surface area (Å²) in [5.41, 5.74) is -4.20. The third kappa shape index (κ3) is 3.62. The molecule has 0 radical (unpaired) electrons.